The van der Waals surface area contributed by atoms with Gasteiger partial charge in [0.1, 0.15) is 5.75 Å². The van der Waals surface area contributed by atoms with Crippen molar-refractivity contribution < 1.29 is 22.6 Å². The first kappa shape index (κ1) is 14.0. The number of halogens is 3. The summed E-state index contributed by atoms with van der Waals surface area (Å²) in [6, 6.07) is 7.45. The first-order chi connectivity index (χ1) is 9.40. The molecule has 20 heavy (non-hydrogen) atoms. The van der Waals surface area contributed by atoms with E-state index < -0.39 is 11.7 Å². The Morgan fingerprint density at radius 3 is 2.55 bits per heavy atom. The Balaban J connectivity index is 2.26. The van der Waals surface area contributed by atoms with Crippen LogP contribution in [0.1, 0.15) is 5.56 Å². The molecule has 2 rings (SSSR count). The van der Waals surface area contributed by atoms with E-state index in [-0.39, 0.29) is 17.5 Å². The van der Waals surface area contributed by atoms with E-state index in [9.17, 15) is 13.2 Å². The number of rotatable bonds is 3. The van der Waals surface area contributed by atoms with Gasteiger partial charge >= 0.3 is 6.18 Å². The van der Waals surface area contributed by atoms with Crippen LogP contribution < -0.4 is 15.2 Å². The van der Waals surface area contributed by atoms with Gasteiger partial charge in [-0.15, -0.1) is 0 Å². The van der Waals surface area contributed by atoms with Crippen molar-refractivity contribution in [3.05, 3.63) is 42.0 Å². The zero-order chi connectivity index (χ0) is 14.8. The summed E-state index contributed by atoms with van der Waals surface area (Å²) in [6.07, 6.45) is -4.42. The van der Waals surface area contributed by atoms with Crippen LogP contribution in [0, 0.1) is 0 Å². The largest absolute Gasteiger partial charge is 0.479 e. The predicted molar refractivity (Wildman–Crippen MR) is 66.7 cm³/mol. The number of ether oxygens (including phenoxy) is 2. The lowest BCUT2D eigenvalue weighted by Crippen LogP contribution is -2.04. The first-order valence-corrected chi connectivity index (χ1v) is 5.56. The van der Waals surface area contributed by atoms with Crippen molar-refractivity contribution in [1.82, 2.24) is 4.98 Å². The van der Waals surface area contributed by atoms with Crippen LogP contribution in [-0.4, -0.2) is 12.1 Å². The number of nitrogens with two attached hydrogens (primary N) is 1. The molecule has 0 atom stereocenters. The molecule has 0 saturated carbocycles. The average Bonchev–Trinajstić information content (AvgIpc) is 2.40. The number of aromatic nitrogens is 1. The number of hydrogen-bond donors (Lipinski definition) is 1. The summed E-state index contributed by atoms with van der Waals surface area (Å²) in [6.45, 7) is 0. The molecule has 0 aliphatic rings. The number of anilines is 1. The molecule has 1 aromatic heterocycles. The number of pyridine rings is 1. The molecule has 4 nitrogen and oxygen atoms in total. The van der Waals surface area contributed by atoms with Gasteiger partial charge in [-0.25, -0.2) is 0 Å². The molecule has 0 amide bonds. The van der Waals surface area contributed by atoms with Gasteiger partial charge in [0.2, 0.25) is 11.8 Å². The molecule has 0 spiro atoms. The highest BCUT2D eigenvalue weighted by molar-refractivity contribution is 5.49. The molecule has 1 aromatic carbocycles. The molecule has 1 heterocycles. The Morgan fingerprint density at radius 2 is 1.90 bits per heavy atom. The number of benzene rings is 1. The SMILES string of the molecule is COc1nc(Oc2cccc(C(F)(F)F)c2)ccc1N. The summed E-state index contributed by atoms with van der Waals surface area (Å²) in [7, 11) is 1.38. The molecule has 0 saturated heterocycles. The molecule has 0 fully saturated rings. The van der Waals surface area contributed by atoms with Gasteiger partial charge in [0.15, 0.2) is 0 Å². The van der Waals surface area contributed by atoms with Crippen LogP contribution in [0.25, 0.3) is 0 Å². The lowest BCUT2D eigenvalue weighted by molar-refractivity contribution is -0.137. The van der Waals surface area contributed by atoms with E-state index in [2.05, 4.69) is 4.98 Å². The second kappa shape index (κ2) is 5.28. The maximum Gasteiger partial charge on any atom is 0.416 e. The molecule has 7 heteroatoms. The Hall–Kier alpha value is -2.44. The highest BCUT2D eigenvalue weighted by Gasteiger charge is 2.30. The monoisotopic (exact) mass is 284 g/mol. The van der Waals surface area contributed by atoms with E-state index in [1.807, 2.05) is 0 Å². The molecule has 2 N–H and O–H groups in total. The van der Waals surface area contributed by atoms with Crippen LogP contribution in [0.3, 0.4) is 0 Å². The van der Waals surface area contributed by atoms with E-state index in [0.29, 0.717) is 5.69 Å². The van der Waals surface area contributed by atoms with E-state index in [1.165, 1.54) is 31.4 Å². The van der Waals surface area contributed by atoms with E-state index >= 15 is 0 Å². The number of nitrogen functional groups attached to an aromatic ring is 1. The van der Waals surface area contributed by atoms with Crippen LogP contribution in [0.15, 0.2) is 36.4 Å². The van der Waals surface area contributed by atoms with Crippen LogP contribution in [0.5, 0.6) is 17.5 Å². The van der Waals surface area contributed by atoms with Gasteiger partial charge in [-0.2, -0.15) is 18.2 Å². The number of methoxy groups -OCH3 is 1. The Bertz CT molecular complexity index is 615. The fourth-order valence-corrected chi connectivity index (χ4v) is 1.51. The maximum atomic E-state index is 12.6. The quantitative estimate of drug-likeness (QED) is 0.937. The summed E-state index contributed by atoms with van der Waals surface area (Å²) in [5.74, 6) is 0.268. The lowest BCUT2D eigenvalue weighted by Gasteiger charge is -2.10. The zero-order valence-corrected chi connectivity index (χ0v) is 10.4. The Kier molecular flexibility index (Phi) is 3.69. The molecular formula is C13H11F3N2O2. The van der Waals surface area contributed by atoms with Crippen LogP contribution >= 0.6 is 0 Å². The molecule has 0 bridgehead atoms. The van der Waals surface area contributed by atoms with Crippen molar-refractivity contribution in [2.24, 2.45) is 0 Å². The van der Waals surface area contributed by atoms with Crippen molar-refractivity contribution in [3.8, 4) is 17.5 Å². The summed E-state index contributed by atoms with van der Waals surface area (Å²) in [4.78, 5) is 3.93. The summed E-state index contributed by atoms with van der Waals surface area (Å²) in [5.41, 5.74) is 5.10. The Morgan fingerprint density at radius 1 is 1.15 bits per heavy atom. The number of nitrogens with zero attached hydrogens (tertiary/aromatic N) is 1. The topological polar surface area (TPSA) is 57.4 Å². The second-order valence-electron chi connectivity index (χ2n) is 3.88. The molecule has 0 aliphatic carbocycles. The lowest BCUT2D eigenvalue weighted by atomic mass is 10.2. The minimum absolute atomic E-state index is 0.0270. The fraction of sp³-hybridized carbons (Fsp3) is 0.154. The van der Waals surface area contributed by atoms with Crippen LogP contribution in [0.2, 0.25) is 0 Å². The fourth-order valence-electron chi connectivity index (χ4n) is 1.51. The number of hydrogen-bond acceptors (Lipinski definition) is 4. The van der Waals surface area contributed by atoms with Gasteiger partial charge in [-0.3, -0.25) is 0 Å². The van der Waals surface area contributed by atoms with E-state index in [0.717, 1.165) is 12.1 Å². The molecule has 0 unspecified atom stereocenters. The van der Waals surface area contributed by atoms with Crippen LogP contribution in [0.4, 0.5) is 18.9 Å². The number of alkyl halides is 3. The molecule has 106 valence electrons. The van der Waals surface area contributed by atoms with Gasteiger partial charge in [-0.1, -0.05) is 6.07 Å². The molecule has 0 aliphatic heterocycles. The highest BCUT2D eigenvalue weighted by Crippen LogP contribution is 2.33. The summed E-state index contributed by atoms with van der Waals surface area (Å²) < 4.78 is 47.9. The van der Waals surface area contributed by atoms with Crippen molar-refractivity contribution in [1.29, 1.82) is 0 Å². The highest BCUT2D eigenvalue weighted by atomic mass is 19.4. The third-order valence-corrected chi connectivity index (χ3v) is 2.44. The minimum Gasteiger partial charge on any atom is -0.479 e. The summed E-state index contributed by atoms with van der Waals surface area (Å²) in [5, 5.41) is 0. The Labute approximate surface area is 113 Å². The van der Waals surface area contributed by atoms with Gasteiger partial charge < -0.3 is 15.2 Å². The third-order valence-electron chi connectivity index (χ3n) is 2.44. The smallest absolute Gasteiger partial charge is 0.416 e. The van der Waals surface area contributed by atoms with E-state index in [1.54, 1.807) is 0 Å². The molecular weight excluding hydrogens is 273 g/mol. The van der Waals surface area contributed by atoms with Crippen molar-refractivity contribution >= 4 is 5.69 Å². The van der Waals surface area contributed by atoms with Gasteiger partial charge in [-0.05, 0) is 24.3 Å². The molecule has 0 radical (unpaired) electrons. The normalized spacial score (nSPS) is 11.2. The minimum atomic E-state index is -4.42. The van der Waals surface area contributed by atoms with Crippen molar-refractivity contribution in [2.45, 2.75) is 6.18 Å². The van der Waals surface area contributed by atoms with Gasteiger partial charge in [0, 0.05) is 6.07 Å². The zero-order valence-electron chi connectivity index (χ0n) is 10.4. The van der Waals surface area contributed by atoms with Crippen molar-refractivity contribution in [2.75, 3.05) is 12.8 Å². The summed E-state index contributed by atoms with van der Waals surface area (Å²) >= 11 is 0. The van der Waals surface area contributed by atoms with E-state index in [4.69, 9.17) is 15.2 Å². The second-order valence-corrected chi connectivity index (χ2v) is 3.88. The van der Waals surface area contributed by atoms with Gasteiger partial charge in [0.05, 0.1) is 18.4 Å². The standard InChI is InChI=1S/C13H11F3N2O2/c1-19-12-10(17)5-6-11(18-12)20-9-4-2-3-8(7-9)13(14,15)16/h2-7H,17H2,1H3. The third kappa shape index (κ3) is 3.11. The van der Waals surface area contributed by atoms with Gasteiger partial charge in [0.25, 0.3) is 0 Å². The average molecular weight is 284 g/mol. The van der Waals surface area contributed by atoms with Crippen molar-refractivity contribution in [3.63, 3.8) is 0 Å². The van der Waals surface area contributed by atoms with Crippen LogP contribution in [-0.2, 0) is 6.18 Å². The maximum absolute atomic E-state index is 12.6. The first-order valence-electron chi connectivity index (χ1n) is 5.56. The predicted octanol–water partition coefficient (Wildman–Crippen LogP) is 3.48. The molecule has 2 aromatic rings.